The van der Waals surface area contributed by atoms with E-state index in [1.165, 1.54) is 12.7 Å². The Labute approximate surface area is 132 Å². The topological polar surface area (TPSA) is 72.4 Å². The van der Waals surface area contributed by atoms with E-state index in [0.29, 0.717) is 24.7 Å². The van der Waals surface area contributed by atoms with Crippen molar-refractivity contribution >= 4 is 5.91 Å². The van der Waals surface area contributed by atoms with Crippen LogP contribution in [0.3, 0.4) is 0 Å². The number of aromatic nitrogens is 2. The lowest BCUT2D eigenvalue weighted by Crippen LogP contribution is -2.28. The van der Waals surface area contributed by atoms with Crippen LogP contribution in [0.5, 0.6) is 0 Å². The third kappa shape index (κ3) is 2.52. The summed E-state index contributed by atoms with van der Waals surface area (Å²) < 4.78 is 10.1. The van der Waals surface area contributed by atoms with Crippen molar-refractivity contribution in [2.75, 3.05) is 13.1 Å². The van der Waals surface area contributed by atoms with Crippen LogP contribution in [0.25, 0.3) is 0 Å². The number of hydrogen-bond acceptors (Lipinski definition) is 5. The lowest BCUT2D eigenvalue weighted by molar-refractivity contribution is 0.0757. The van der Waals surface area contributed by atoms with Crippen LogP contribution in [0.4, 0.5) is 0 Å². The highest BCUT2D eigenvalue weighted by Gasteiger charge is 2.40. The van der Waals surface area contributed by atoms with E-state index in [2.05, 4.69) is 22.3 Å². The second kappa shape index (κ2) is 5.72. The zero-order chi connectivity index (χ0) is 15.6. The monoisotopic (exact) mass is 309 g/mol. The Balaban J connectivity index is 1.65. The molecule has 0 bridgehead atoms. The van der Waals surface area contributed by atoms with Gasteiger partial charge in [-0.3, -0.25) is 4.79 Å². The second-order valence-electron chi connectivity index (χ2n) is 5.60. The average molecular weight is 309 g/mol. The third-order valence-corrected chi connectivity index (χ3v) is 4.28. The number of rotatable bonds is 3. The number of amides is 1. The number of nitrogens with zero attached hydrogens (tertiary/aromatic N) is 3. The molecule has 4 rings (SSSR count). The largest absolute Gasteiger partial charge is 0.459 e. The highest BCUT2D eigenvalue weighted by Crippen LogP contribution is 2.38. The van der Waals surface area contributed by atoms with Gasteiger partial charge in [0.2, 0.25) is 6.39 Å². The quantitative estimate of drug-likeness (QED) is 0.744. The van der Waals surface area contributed by atoms with Gasteiger partial charge in [-0.05, 0) is 17.7 Å². The SMILES string of the molecule is O=C(c1ccco1)N1C[C@@H](c2ccccc2)[C@H](c2ncon2)C1. The van der Waals surface area contributed by atoms with Gasteiger partial charge >= 0.3 is 0 Å². The molecule has 116 valence electrons. The summed E-state index contributed by atoms with van der Waals surface area (Å²) in [5.74, 6) is 1.02. The molecule has 0 saturated carbocycles. The van der Waals surface area contributed by atoms with Crippen LogP contribution in [0.2, 0.25) is 0 Å². The number of likely N-dealkylation sites (tertiary alicyclic amines) is 1. The van der Waals surface area contributed by atoms with Gasteiger partial charge in [-0.25, -0.2) is 0 Å². The summed E-state index contributed by atoms with van der Waals surface area (Å²) in [7, 11) is 0. The Kier molecular flexibility index (Phi) is 3.42. The molecule has 1 aliphatic rings. The maximum absolute atomic E-state index is 12.6. The molecule has 0 spiro atoms. The normalized spacial score (nSPS) is 20.8. The molecule has 23 heavy (non-hydrogen) atoms. The maximum Gasteiger partial charge on any atom is 0.289 e. The van der Waals surface area contributed by atoms with Crippen LogP contribution in [0, 0.1) is 0 Å². The van der Waals surface area contributed by atoms with Crippen LogP contribution in [-0.2, 0) is 0 Å². The molecule has 1 aromatic carbocycles. The van der Waals surface area contributed by atoms with Gasteiger partial charge in [-0.2, -0.15) is 4.98 Å². The number of carbonyl (C=O) groups excluding carboxylic acids is 1. The highest BCUT2D eigenvalue weighted by atomic mass is 16.5. The van der Waals surface area contributed by atoms with E-state index in [1.807, 2.05) is 18.2 Å². The van der Waals surface area contributed by atoms with E-state index >= 15 is 0 Å². The average Bonchev–Trinajstić information content (AvgIpc) is 3.35. The maximum atomic E-state index is 12.6. The number of carbonyl (C=O) groups is 1. The minimum atomic E-state index is -0.109. The molecular formula is C17H15N3O3. The molecule has 0 radical (unpaired) electrons. The van der Waals surface area contributed by atoms with Crippen LogP contribution >= 0.6 is 0 Å². The van der Waals surface area contributed by atoms with Gasteiger partial charge in [-0.1, -0.05) is 35.5 Å². The van der Waals surface area contributed by atoms with Crippen molar-refractivity contribution in [3.8, 4) is 0 Å². The first kappa shape index (κ1) is 13.8. The standard InChI is InChI=1S/C17H15N3O3/c21-17(15-7-4-8-22-15)20-9-13(12-5-2-1-3-6-12)14(10-20)16-18-11-23-19-16/h1-8,11,13-14H,9-10H2/t13-,14+/m0/s1. The molecule has 1 fully saturated rings. The zero-order valence-electron chi connectivity index (χ0n) is 12.3. The summed E-state index contributed by atoms with van der Waals surface area (Å²) in [4.78, 5) is 18.5. The Hall–Kier alpha value is -2.89. The molecule has 2 aromatic heterocycles. The summed E-state index contributed by atoms with van der Waals surface area (Å²) in [5.41, 5.74) is 1.16. The Bertz CT molecular complexity index is 769. The molecule has 2 atom stereocenters. The first-order chi connectivity index (χ1) is 11.3. The van der Waals surface area contributed by atoms with Crippen molar-refractivity contribution in [2.24, 2.45) is 0 Å². The van der Waals surface area contributed by atoms with Gasteiger partial charge in [0.1, 0.15) is 0 Å². The van der Waals surface area contributed by atoms with Crippen LogP contribution in [0.15, 0.2) is 64.1 Å². The van der Waals surface area contributed by atoms with Crippen molar-refractivity contribution in [1.82, 2.24) is 15.0 Å². The van der Waals surface area contributed by atoms with Gasteiger partial charge in [0, 0.05) is 24.9 Å². The molecule has 0 unspecified atom stereocenters. The predicted molar refractivity (Wildman–Crippen MR) is 80.8 cm³/mol. The summed E-state index contributed by atoms with van der Waals surface area (Å²) in [5, 5.41) is 3.98. The predicted octanol–water partition coefficient (Wildman–Crippen LogP) is 2.69. The molecule has 3 aromatic rings. The van der Waals surface area contributed by atoms with Crippen molar-refractivity contribution in [3.05, 3.63) is 72.3 Å². The number of hydrogen-bond donors (Lipinski definition) is 0. The lowest BCUT2D eigenvalue weighted by Gasteiger charge is -2.15. The lowest BCUT2D eigenvalue weighted by atomic mass is 9.88. The van der Waals surface area contributed by atoms with Gasteiger partial charge < -0.3 is 13.8 Å². The van der Waals surface area contributed by atoms with Gasteiger partial charge in [0.05, 0.1) is 6.26 Å². The van der Waals surface area contributed by atoms with Crippen LogP contribution in [0.1, 0.15) is 33.8 Å². The van der Waals surface area contributed by atoms with E-state index < -0.39 is 0 Å². The Morgan fingerprint density at radius 2 is 1.91 bits per heavy atom. The van der Waals surface area contributed by atoms with Crippen molar-refractivity contribution in [2.45, 2.75) is 11.8 Å². The highest BCUT2D eigenvalue weighted by molar-refractivity contribution is 5.91. The van der Waals surface area contributed by atoms with Crippen LogP contribution < -0.4 is 0 Å². The summed E-state index contributed by atoms with van der Waals surface area (Å²) in [6.45, 7) is 1.14. The minimum Gasteiger partial charge on any atom is -0.459 e. The van der Waals surface area contributed by atoms with E-state index in [-0.39, 0.29) is 17.7 Å². The molecule has 6 heteroatoms. The summed E-state index contributed by atoms with van der Waals surface area (Å²) in [6, 6.07) is 13.5. The zero-order valence-corrected chi connectivity index (χ0v) is 12.3. The molecule has 1 saturated heterocycles. The van der Waals surface area contributed by atoms with E-state index in [1.54, 1.807) is 17.0 Å². The van der Waals surface area contributed by atoms with Gasteiger partial charge in [0.15, 0.2) is 11.6 Å². The fourth-order valence-electron chi connectivity index (χ4n) is 3.17. The summed E-state index contributed by atoms with van der Waals surface area (Å²) >= 11 is 0. The fourth-order valence-corrected chi connectivity index (χ4v) is 3.17. The van der Waals surface area contributed by atoms with Crippen molar-refractivity contribution in [1.29, 1.82) is 0 Å². The van der Waals surface area contributed by atoms with Crippen molar-refractivity contribution in [3.63, 3.8) is 0 Å². The molecule has 1 aliphatic heterocycles. The molecule has 0 N–H and O–H groups in total. The Morgan fingerprint density at radius 1 is 1.09 bits per heavy atom. The first-order valence-corrected chi connectivity index (χ1v) is 7.47. The first-order valence-electron chi connectivity index (χ1n) is 7.47. The molecular weight excluding hydrogens is 294 g/mol. The van der Waals surface area contributed by atoms with E-state index in [9.17, 15) is 4.79 Å². The van der Waals surface area contributed by atoms with E-state index in [4.69, 9.17) is 8.94 Å². The second-order valence-corrected chi connectivity index (χ2v) is 5.60. The van der Waals surface area contributed by atoms with Crippen LogP contribution in [-0.4, -0.2) is 34.0 Å². The van der Waals surface area contributed by atoms with Gasteiger partial charge in [0.25, 0.3) is 5.91 Å². The molecule has 0 aliphatic carbocycles. The molecule has 6 nitrogen and oxygen atoms in total. The van der Waals surface area contributed by atoms with E-state index in [0.717, 1.165) is 5.56 Å². The molecule has 3 heterocycles. The number of furan rings is 1. The number of benzene rings is 1. The molecule has 1 amide bonds. The van der Waals surface area contributed by atoms with Gasteiger partial charge in [-0.15, -0.1) is 0 Å². The van der Waals surface area contributed by atoms with Crippen molar-refractivity contribution < 1.29 is 13.7 Å². The smallest absolute Gasteiger partial charge is 0.289 e. The summed E-state index contributed by atoms with van der Waals surface area (Å²) in [6.07, 6.45) is 2.84. The minimum absolute atomic E-state index is 0.00932. The third-order valence-electron chi connectivity index (χ3n) is 4.28. The fraction of sp³-hybridized carbons (Fsp3) is 0.235. The Morgan fingerprint density at radius 3 is 2.61 bits per heavy atom.